The average molecular weight is 534 g/mol. The van der Waals surface area contributed by atoms with Crippen LogP contribution in [0.15, 0.2) is 35.3 Å². The van der Waals surface area contributed by atoms with E-state index in [1.54, 1.807) is 36.1 Å². The number of rotatable bonds is 7. The van der Waals surface area contributed by atoms with E-state index in [9.17, 15) is 27.6 Å². The number of carbonyl (C=O) groups is 2. The monoisotopic (exact) mass is 534 g/mol. The zero-order valence-corrected chi connectivity index (χ0v) is 20.6. The Hall–Kier alpha value is -4.09. The second kappa shape index (κ2) is 11.1. The number of ketones is 1. The van der Waals surface area contributed by atoms with Crippen molar-refractivity contribution in [2.24, 2.45) is 0 Å². The van der Waals surface area contributed by atoms with Crippen molar-refractivity contribution in [2.75, 3.05) is 49.8 Å². The van der Waals surface area contributed by atoms with E-state index in [2.05, 4.69) is 22.3 Å². The van der Waals surface area contributed by atoms with E-state index in [0.29, 0.717) is 37.5 Å². The first kappa shape index (κ1) is 27.0. The minimum absolute atomic E-state index is 0.0517. The molecule has 2 aliphatic heterocycles. The second-order valence-corrected chi connectivity index (χ2v) is 8.38. The molecule has 4 rings (SSSR count). The van der Waals surface area contributed by atoms with E-state index in [1.165, 1.54) is 12.0 Å². The van der Waals surface area contributed by atoms with Gasteiger partial charge < -0.3 is 19.8 Å². The van der Waals surface area contributed by atoms with Crippen LogP contribution in [0.5, 0.6) is 5.75 Å². The highest BCUT2D eigenvalue weighted by Crippen LogP contribution is 2.38. The lowest BCUT2D eigenvalue weighted by Crippen LogP contribution is -2.61. The fourth-order valence-corrected chi connectivity index (χ4v) is 4.21. The quantitative estimate of drug-likeness (QED) is 0.408. The van der Waals surface area contributed by atoms with E-state index in [4.69, 9.17) is 9.57 Å². The lowest BCUT2D eigenvalue weighted by atomic mass is 10.1. The summed E-state index contributed by atoms with van der Waals surface area (Å²) >= 11 is 0. The third-order valence-corrected chi connectivity index (χ3v) is 6.03. The Morgan fingerprint density at radius 2 is 1.87 bits per heavy atom. The van der Waals surface area contributed by atoms with Gasteiger partial charge in [-0.05, 0) is 31.2 Å². The van der Waals surface area contributed by atoms with Crippen LogP contribution in [0.2, 0.25) is 0 Å². The molecule has 11 nitrogen and oxygen atoms in total. The van der Waals surface area contributed by atoms with Gasteiger partial charge in [0.25, 0.3) is 5.56 Å². The van der Waals surface area contributed by atoms with Crippen LogP contribution >= 0.6 is 0 Å². The molecule has 2 aromatic rings. The van der Waals surface area contributed by atoms with Crippen molar-refractivity contribution in [3.05, 3.63) is 46.4 Å². The minimum atomic E-state index is -5.27. The van der Waals surface area contributed by atoms with Crippen molar-refractivity contribution >= 4 is 23.1 Å². The molecule has 0 bridgehead atoms. The second-order valence-electron chi connectivity index (χ2n) is 8.38. The molecule has 1 aromatic heterocycles. The number of methoxy groups -OCH3 is 1. The van der Waals surface area contributed by atoms with Crippen molar-refractivity contribution in [1.82, 2.24) is 20.0 Å². The van der Waals surface area contributed by atoms with Crippen molar-refractivity contribution in [3.8, 4) is 17.6 Å². The summed E-state index contributed by atoms with van der Waals surface area (Å²) in [7, 11) is 1.49. The zero-order valence-electron chi connectivity index (χ0n) is 20.6. The van der Waals surface area contributed by atoms with E-state index in [0.717, 1.165) is 15.9 Å². The third-order valence-electron chi connectivity index (χ3n) is 6.03. The molecule has 202 valence electrons. The fourth-order valence-electron chi connectivity index (χ4n) is 4.21. The molecule has 2 aliphatic rings. The number of piperazine rings is 1. The number of benzene rings is 1. The molecule has 38 heavy (non-hydrogen) atoms. The lowest BCUT2D eigenvalue weighted by Gasteiger charge is -2.40. The predicted octanol–water partition coefficient (Wildman–Crippen LogP) is 0.994. The molecule has 1 fully saturated rings. The first-order valence-electron chi connectivity index (χ1n) is 11.6. The topological polar surface area (TPSA) is 109 Å². The molecular formula is C24H25F3N6O5. The molecule has 0 radical (unpaired) electrons. The standard InChI is InChI=1S/C24H25F3N6O5/c1-3-4-11-31-20-18(33(38-22(36)24(25,26)27)23(31)30-12-9-28-10-13-30)14-29-32(21(20)35)15-19(34)16-5-7-17(37-2)8-6-16/h5-8,14,23,28H,9-13,15H2,1-2H3. The van der Waals surface area contributed by atoms with Crippen LogP contribution in [0.3, 0.4) is 0 Å². The van der Waals surface area contributed by atoms with Crippen molar-refractivity contribution in [2.45, 2.75) is 25.9 Å². The van der Waals surface area contributed by atoms with Crippen LogP contribution in [0, 0.1) is 11.8 Å². The maximum Gasteiger partial charge on any atom is 0.493 e. The number of nitrogens with one attached hydrogen (secondary N) is 1. The molecule has 1 N–H and O–H groups in total. The number of carbonyl (C=O) groups excluding carboxylic acids is 2. The Bertz CT molecular complexity index is 1310. The Morgan fingerprint density at radius 3 is 2.47 bits per heavy atom. The molecule has 0 saturated carbocycles. The first-order valence-corrected chi connectivity index (χ1v) is 11.6. The summed E-state index contributed by atoms with van der Waals surface area (Å²) in [5.74, 6) is 3.23. The van der Waals surface area contributed by atoms with Crippen molar-refractivity contribution in [1.29, 1.82) is 0 Å². The molecule has 0 aliphatic carbocycles. The number of aromatic nitrogens is 2. The van der Waals surface area contributed by atoms with Crippen LogP contribution in [-0.2, 0) is 16.2 Å². The number of ether oxygens (including phenoxy) is 1. The summed E-state index contributed by atoms with van der Waals surface area (Å²) in [5, 5.41) is 7.91. The molecule has 14 heteroatoms. The summed E-state index contributed by atoms with van der Waals surface area (Å²) < 4.78 is 45.5. The summed E-state index contributed by atoms with van der Waals surface area (Å²) in [6, 6.07) is 6.29. The van der Waals surface area contributed by atoms with Gasteiger partial charge in [-0.15, -0.1) is 5.92 Å². The van der Waals surface area contributed by atoms with Gasteiger partial charge in [-0.3, -0.25) is 14.5 Å². The molecule has 1 aromatic carbocycles. The number of anilines is 2. The van der Waals surface area contributed by atoms with E-state index >= 15 is 0 Å². The van der Waals surface area contributed by atoms with Gasteiger partial charge in [0.15, 0.2) is 12.1 Å². The number of hydroxylamine groups is 1. The highest BCUT2D eigenvalue weighted by atomic mass is 19.4. The Morgan fingerprint density at radius 1 is 1.18 bits per heavy atom. The van der Waals surface area contributed by atoms with Crippen molar-refractivity contribution in [3.63, 3.8) is 0 Å². The SMILES string of the molecule is CC#CCN1c2c(cnn(CC(=O)c3ccc(OC)cc3)c2=O)N(OC(=O)C(F)(F)F)C1N1CCNCC1. The third kappa shape index (κ3) is 5.43. The predicted molar refractivity (Wildman–Crippen MR) is 129 cm³/mol. The largest absolute Gasteiger partial charge is 0.497 e. The molecule has 1 unspecified atom stereocenters. The molecule has 1 atom stereocenters. The molecular weight excluding hydrogens is 509 g/mol. The molecule has 1 saturated heterocycles. The van der Waals surface area contributed by atoms with Gasteiger partial charge in [-0.2, -0.15) is 23.3 Å². The number of fused-ring (bicyclic) bond motifs is 1. The van der Waals surface area contributed by atoms with E-state index in [-0.39, 0.29) is 17.9 Å². The number of halogens is 3. The van der Waals surface area contributed by atoms with Crippen LogP contribution < -0.4 is 25.6 Å². The molecule has 0 amide bonds. The van der Waals surface area contributed by atoms with Gasteiger partial charge in [0, 0.05) is 31.7 Å². The van der Waals surface area contributed by atoms with Gasteiger partial charge in [0.1, 0.15) is 23.7 Å². The normalized spacial score (nSPS) is 17.4. The number of alkyl halides is 3. The highest BCUT2D eigenvalue weighted by molar-refractivity contribution is 5.96. The Labute approximate surface area is 215 Å². The fraction of sp³-hybridized carbons (Fsp3) is 0.417. The van der Waals surface area contributed by atoms with Gasteiger partial charge in [0.2, 0.25) is 0 Å². The van der Waals surface area contributed by atoms with E-state index < -0.39 is 36.3 Å². The summed E-state index contributed by atoms with van der Waals surface area (Å²) in [6.45, 7) is 2.95. The zero-order chi connectivity index (χ0) is 27.4. The van der Waals surface area contributed by atoms with Gasteiger partial charge in [-0.25, -0.2) is 9.48 Å². The van der Waals surface area contributed by atoms with E-state index in [1.807, 2.05) is 0 Å². The Kier molecular flexibility index (Phi) is 7.88. The van der Waals surface area contributed by atoms with Gasteiger partial charge in [0.05, 0.1) is 19.9 Å². The van der Waals surface area contributed by atoms with Gasteiger partial charge >= 0.3 is 12.1 Å². The summed E-state index contributed by atoms with van der Waals surface area (Å²) in [6.07, 6.45) is -5.24. The summed E-state index contributed by atoms with van der Waals surface area (Å²) in [5.41, 5.74) is -0.646. The number of nitrogens with zero attached hydrogens (tertiary/aromatic N) is 5. The number of hydrogen-bond donors (Lipinski definition) is 1. The van der Waals surface area contributed by atoms with Crippen LogP contribution in [0.1, 0.15) is 17.3 Å². The maximum absolute atomic E-state index is 13.6. The highest BCUT2D eigenvalue weighted by Gasteiger charge is 2.49. The lowest BCUT2D eigenvalue weighted by molar-refractivity contribution is -0.203. The number of hydrogen-bond acceptors (Lipinski definition) is 10. The first-order chi connectivity index (χ1) is 18.2. The van der Waals surface area contributed by atoms with Crippen LogP contribution in [0.4, 0.5) is 24.5 Å². The van der Waals surface area contributed by atoms with Crippen LogP contribution in [0.25, 0.3) is 0 Å². The van der Waals surface area contributed by atoms with Crippen LogP contribution in [-0.4, -0.2) is 78.7 Å². The van der Waals surface area contributed by atoms with Gasteiger partial charge in [-0.1, -0.05) is 5.92 Å². The molecule has 0 spiro atoms. The minimum Gasteiger partial charge on any atom is -0.497 e. The Balaban J connectivity index is 1.75. The average Bonchev–Trinajstić information content (AvgIpc) is 3.22. The van der Waals surface area contributed by atoms with Crippen molar-refractivity contribution < 1.29 is 32.3 Å². The molecule has 3 heterocycles. The number of Topliss-reactive ketones (excluding diaryl/α,β-unsaturated/α-hetero) is 1. The maximum atomic E-state index is 13.6. The smallest absolute Gasteiger partial charge is 0.493 e. The summed E-state index contributed by atoms with van der Waals surface area (Å²) in [4.78, 5) is 46.3.